The molecule has 2 heterocycles. The van der Waals surface area contributed by atoms with E-state index in [2.05, 4.69) is 4.90 Å². The second-order valence-electron chi connectivity index (χ2n) is 5.41. The molecule has 19 heavy (non-hydrogen) atoms. The van der Waals surface area contributed by atoms with Crippen LogP contribution in [-0.4, -0.2) is 74.9 Å². The second kappa shape index (κ2) is 7.22. The van der Waals surface area contributed by atoms with Gasteiger partial charge in [0, 0.05) is 51.7 Å². The highest BCUT2D eigenvalue weighted by Gasteiger charge is 2.36. The molecule has 0 spiro atoms. The predicted octanol–water partition coefficient (Wildman–Crippen LogP) is 0.592. The van der Waals surface area contributed by atoms with Crippen LogP contribution in [0, 0.1) is 5.92 Å². The number of piperidine rings is 1. The number of methoxy groups -OCH3 is 1. The molecule has 0 aliphatic carbocycles. The molecular formula is C14H26N2O3. The summed E-state index contributed by atoms with van der Waals surface area (Å²) in [5.41, 5.74) is 0. The van der Waals surface area contributed by atoms with Crippen molar-refractivity contribution in [1.82, 2.24) is 9.80 Å². The molecule has 2 aliphatic rings. The maximum Gasteiger partial charge on any atom is 0.222 e. The zero-order chi connectivity index (χ0) is 13.7. The molecular weight excluding hydrogens is 244 g/mol. The number of carbonyl (C=O) groups excluding carboxylic acids is 1. The van der Waals surface area contributed by atoms with E-state index in [1.165, 1.54) is 0 Å². The molecule has 1 amide bonds. The Morgan fingerprint density at radius 3 is 3.00 bits per heavy atom. The summed E-state index contributed by atoms with van der Waals surface area (Å²) in [6.07, 6.45) is 1.66. The molecule has 5 nitrogen and oxygen atoms in total. The van der Waals surface area contributed by atoms with Crippen LogP contribution >= 0.6 is 0 Å². The minimum Gasteiger partial charge on any atom is -0.383 e. The van der Waals surface area contributed by atoms with Gasteiger partial charge >= 0.3 is 0 Å². The Kier molecular flexibility index (Phi) is 5.60. The fraction of sp³-hybridized carbons (Fsp3) is 0.929. The van der Waals surface area contributed by atoms with E-state index in [-0.39, 0.29) is 5.91 Å². The van der Waals surface area contributed by atoms with Crippen molar-refractivity contribution in [3.8, 4) is 0 Å². The average molecular weight is 270 g/mol. The molecule has 110 valence electrons. The molecule has 0 aromatic heterocycles. The van der Waals surface area contributed by atoms with Crippen LogP contribution in [0.15, 0.2) is 0 Å². The van der Waals surface area contributed by atoms with Crippen molar-refractivity contribution in [2.24, 2.45) is 5.92 Å². The van der Waals surface area contributed by atoms with E-state index < -0.39 is 0 Å². The highest BCUT2D eigenvalue weighted by Crippen LogP contribution is 2.25. The molecule has 2 atom stereocenters. The van der Waals surface area contributed by atoms with Gasteiger partial charge in [-0.05, 0) is 6.42 Å². The molecule has 2 saturated heterocycles. The Bertz CT molecular complexity index is 298. The van der Waals surface area contributed by atoms with Gasteiger partial charge in [-0.15, -0.1) is 0 Å². The number of ether oxygens (including phenoxy) is 2. The van der Waals surface area contributed by atoms with Gasteiger partial charge in [0.05, 0.1) is 19.8 Å². The largest absolute Gasteiger partial charge is 0.383 e. The molecule has 0 aromatic rings. The number of rotatable bonds is 4. The van der Waals surface area contributed by atoms with Crippen LogP contribution < -0.4 is 0 Å². The number of carbonyl (C=O) groups is 1. The second-order valence-corrected chi connectivity index (χ2v) is 5.41. The van der Waals surface area contributed by atoms with E-state index in [1.807, 2.05) is 11.8 Å². The number of amides is 1. The Morgan fingerprint density at radius 1 is 1.42 bits per heavy atom. The first-order valence-corrected chi connectivity index (χ1v) is 7.34. The van der Waals surface area contributed by atoms with Gasteiger partial charge in [0.1, 0.15) is 0 Å². The number of likely N-dealkylation sites (tertiary alicyclic amines) is 1. The summed E-state index contributed by atoms with van der Waals surface area (Å²) >= 11 is 0. The Morgan fingerprint density at radius 2 is 2.26 bits per heavy atom. The van der Waals surface area contributed by atoms with Gasteiger partial charge in [-0.1, -0.05) is 6.92 Å². The van der Waals surface area contributed by atoms with Crippen molar-refractivity contribution >= 4 is 5.91 Å². The van der Waals surface area contributed by atoms with Crippen molar-refractivity contribution < 1.29 is 14.3 Å². The molecule has 2 aliphatic heterocycles. The van der Waals surface area contributed by atoms with Crippen LogP contribution in [0.5, 0.6) is 0 Å². The third-order valence-electron chi connectivity index (χ3n) is 4.28. The normalized spacial score (nSPS) is 28.8. The standard InChI is InChI=1S/C14H26N2O3/c1-3-14(17)16-5-4-12-11-19-9-7-15(6-8-18-2)13(12)10-16/h12-13H,3-11H2,1-2H3/t12-,13-/m1/s1. The van der Waals surface area contributed by atoms with Crippen molar-refractivity contribution in [3.05, 3.63) is 0 Å². The molecule has 0 unspecified atom stereocenters. The van der Waals surface area contributed by atoms with Gasteiger partial charge < -0.3 is 14.4 Å². The summed E-state index contributed by atoms with van der Waals surface area (Å²) in [6.45, 7) is 7.91. The van der Waals surface area contributed by atoms with Crippen LogP contribution in [0.1, 0.15) is 19.8 Å². The Labute approximate surface area is 115 Å². The maximum atomic E-state index is 11.9. The molecule has 0 saturated carbocycles. The molecule has 0 radical (unpaired) electrons. The third kappa shape index (κ3) is 3.68. The first-order valence-electron chi connectivity index (χ1n) is 7.34. The zero-order valence-corrected chi connectivity index (χ0v) is 12.1. The average Bonchev–Trinajstić information content (AvgIpc) is 2.65. The van der Waals surface area contributed by atoms with Crippen LogP contribution in [0.2, 0.25) is 0 Å². The highest BCUT2D eigenvalue weighted by molar-refractivity contribution is 5.75. The zero-order valence-electron chi connectivity index (χ0n) is 12.1. The fourth-order valence-electron chi connectivity index (χ4n) is 3.11. The first-order chi connectivity index (χ1) is 9.26. The van der Waals surface area contributed by atoms with Crippen molar-refractivity contribution in [2.75, 3.05) is 53.1 Å². The third-order valence-corrected chi connectivity index (χ3v) is 4.28. The molecule has 2 rings (SSSR count). The van der Waals surface area contributed by atoms with E-state index in [0.29, 0.717) is 18.4 Å². The molecule has 0 aromatic carbocycles. The SMILES string of the molecule is CCC(=O)N1CC[C@@H]2COCCN(CCOC)[C@@H]2C1. The lowest BCUT2D eigenvalue weighted by Crippen LogP contribution is -2.54. The van der Waals surface area contributed by atoms with Gasteiger partial charge in [-0.3, -0.25) is 9.69 Å². The highest BCUT2D eigenvalue weighted by atomic mass is 16.5. The van der Waals surface area contributed by atoms with Gasteiger partial charge in [-0.25, -0.2) is 0 Å². The predicted molar refractivity (Wildman–Crippen MR) is 73.0 cm³/mol. The van der Waals surface area contributed by atoms with Crippen molar-refractivity contribution in [1.29, 1.82) is 0 Å². The topological polar surface area (TPSA) is 42.0 Å². The Balaban J connectivity index is 2.01. The first kappa shape index (κ1) is 14.8. The van der Waals surface area contributed by atoms with Gasteiger partial charge in [0.2, 0.25) is 5.91 Å². The fourth-order valence-corrected chi connectivity index (χ4v) is 3.11. The Hall–Kier alpha value is -0.650. The van der Waals surface area contributed by atoms with Crippen LogP contribution in [-0.2, 0) is 14.3 Å². The summed E-state index contributed by atoms with van der Waals surface area (Å²) in [5.74, 6) is 0.829. The van der Waals surface area contributed by atoms with E-state index in [1.54, 1.807) is 7.11 Å². The number of hydrogen-bond donors (Lipinski definition) is 0. The van der Waals surface area contributed by atoms with Gasteiger partial charge in [0.15, 0.2) is 0 Å². The number of hydrogen-bond acceptors (Lipinski definition) is 4. The van der Waals surface area contributed by atoms with Crippen LogP contribution in [0.3, 0.4) is 0 Å². The lowest BCUT2D eigenvalue weighted by molar-refractivity contribution is -0.134. The monoisotopic (exact) mass is 270 g/mol. The molecule has 2 fully saturated rings. The van der Waals surface area contributed by atoms with E-state index >= 15 is 0 Å². The van der Waals surface area contributed by atoms with Crippen molar-refractivity contribution in [3.63, 3.8) is 0 Å². The minimum absolute atomic E-state index is 0.273. The number of fused-ring (bicyclic) bond motifs is 1. The van der Waals surface area contributed by atoms with Crippen LogP contribution in [0.25, 0.3) is 0 Å². The van der Waals surface area contributed by atoms with Crippen molar-refractivity contribution in [2.45, 2.75) is 25.8 Å². The van der Waals surface area contributed by atoms with Gasteiger partial charge in [0.25, 0.3) is 0 Å². The van der Waals surface area contributed by atoms with E-state index in [9.17, 15) is 4.79 Å². The smallest absolute Gasteiger partial charge is 0.222 e. The molecule has 5 heteroatoms. The minimum atomic E-state index is 0.273. The summed E-state index contributed by atoms with van der Waals surface area (Å²) in [7, 11) is 1.74. The maximum absolute atomic E-state index is 11.9. The van der Waals surface area contributed by atoms with Crippen LogP contribution in [0.4, 0.5) is 0 Å². The van der Waals surface area contributed by atoms with Gasteiger partial charge in [-0.2, -0.15) is 0 Å². The van der Waals surface area contributed by atoms with E-state index in [4.69, 9.17) is 9.47 Å². The molecule has 0 bridgehead atoms. The summed E-state index contributed by atoms with van der Waals surface area (Å²) in [5, 5.41) is 0. The summed E-state index contributed by atoms with van der Waals surface area (Å²) in [4.78, 5) is 16.4. The van der Waals surface area contributed by atoms with E-state index in [0.717, 1.165) is 52.4 Å². The molecule has 0 N–H and O–H groups in total. The lowest BCUT2D eigenvalue weighted by atomic mass is 9.91. The lowest BCUT2D eigenvalue weighted by Gasteiger charge is -2.42. The summed E-state index contributed by atoms with van der Waals surface area (Å²) in [6, 6.07) is 0.432. The quantitative estimate of drug-likeness (QED) is 0.750. The number of nitrogens with zero attached hydrogens (tertiary/aromatic N) is 2. The summed E-state index contributed by atoms with van der Waals surface area (Å²) < 4.78 is 10.9.